The molecule has 2 aromatic heterocycles. The van der Waals surface area contributed by atoms with Crippen LogP contribution in [0.5, 0.6) is 0 Å². The summed E-state index contributed by atoms with van der Waals surface area (Å²) in [7, 11) is 0. The van der Waals surface area contributed by atoms with Crippen LogP contribution in [0, 0.1) is 0 Å². The Balaban J connectivity index is 2.53. The summed E-state index contributed by atoms with van der Waals surface area (Å²) >= 11 is 0. The standard InChI is InChI=1S/C11H9N3O2/c12-10(16)2-1-8-5-14-11-9(8)3-7(6-15)4-13-11/h1-6H,(H2,12,16)(H,13,14). The number of aromatic amines is 1. The normalized spacial score (nSPS) is 11.0. The molecule has 5 heteroatoms. The molecule has 0 atom stereocenters. The average Bonchev–Trinajstić information content (AvgIpc) is 2.68. The van der Waals surface area contributed by atoms with Crippen molar-refractivity contribution in [1.82, 2.24) is 9.97 Å². The molecular formula is C11H9N3O2. The molecule has 80 valence electrons. The van der Waals surface area contributed by atoms with Crippen LogP contribution < -0.4 is 5.73 Å². The molecule has 0 unspecified atom stereocenters. The van der Waals surface area contributed by atoms with Crippen LogP contribution in [0.25, 0.3) is 17.1 Å². The highest BCUT2D eigenvalue weighted by Gasteiger charge is 2.03. The van der Waals surface area contributed by atoms with Crippen molar-refractivity contribution in [2.75, 3.05) is 0 Å². The zero-order valence-corrected chi connectivity index (χ0v) is 8.31. The maximum atomic E-state index is 10.6. The summed E-state index contributed by atoms with van der Waals surface area (Å²) < 4.78 is 0. The molecule has 0 spiro atoms. The van der Waals surface area contributed by atoms with Crippen LogP contribution in [0.4, 0.5) is 0 Å². The zero-order valence-electron chi connectivity index (χ0n) is 8.31. The van der Waals surface area contributed by atoms with E-state index in [2.05, 4.69) is 9.97 Å². The zero-order chi connectivity index (χ0) is 11.5. The first-order valence-electron chi connectivity index (χ1n) is 4.60. The van der Waals surface area contributed by atoms with Gasteiger partial charge in [-0.2, -0.15) is 0 Å². The number of nitrogens with two attached hydrogens (primary N) is 1. The van der Waals surface area contributed by atoms with Crippen molar-refractivity contribution in [2.24, 2.45) is 5.73 Å². The van der Waals surface area contributed by atoms with Gasteiger partial charge in [-0.15, -0.1) is 0 Å². The molecule has 1 amide bonds. The number of carbonyl (C=O) groups excluding carboxylic acids is 2. The number of H-pyrrole nitrogens is 1. The van der Waals surface area contributed by atoms with Crippen molar-refractivity contribution in [2.45, 2.75) is 0 Å². The average molecular weight is 215 g/mol. The molecule has 0 saturated carbocycles. The van der Waals surface area contributed by atoms with Crippen molar-refractivity contribution >= 4 is 29.3 Å². The van der Waals surface area contributed by atoms with E-state index in [1.807, 2.05) is 0 Å². The van der Waals surface area contributed by atoms with Gasteiger partial charge < -0.3 is 10.7 Å². The Morgan fingerprint density at radius 2 is 2.31 bits per heavy atom. The van der Waals surface area contributed by atoms with Crippen LogP contribution in [0.3, 0.4) is 0 Å². The van der Waals surface area contributed by atoms with Gasteiger partial charge in [0.15, 0.2) is 6.29 Å². The number of hydrogen-bond acceptors (Lipinski definition) is 3. The Morgan fingerprint density at radius 3 is 3.00 bits per heavy atom. The molecular weight excluding hydrogens is 206 g/mol. The van der Waals surface area contributed by atoms with Gasteiger partial charge in [0.1, 0.15) is 5.65 Å². The first kappa shape index (κ1) is 10.1. The number of pyridine rings is 1. The molecule has 2 aromatic rings. The summed E-state index contributed by atoms with van der Waals surface area (Å²) in [4.78, 5) is 28.2. The number of aldehydes is 1. The minimum absolute atomic E-state index is 0.487. The minimum Gasteiger partial charge on any atom is -0.366 e. The Morgan fingerprint density at radius 1 is 1.50 bits per heavy atom. The van der Waals surface area contributed by atoms with Crippen LogP contribution in [-0.4, -0.2) is 22.2 Å². The smallest absolute Gasteiger partial charge is 0.241 e. The van der Waals surface area contributed by atoms with E-state index in [0.717, 1.165) is 17.2 Å². The number of carbonyl (C=O) groups is 2. The topological polar surface area (TPSA) is 88.8 Å². The predicted octanol–water partition coefficient (Wildman–Crippen LogP) is 0.874. The first-order valence-corrected chi connectivity index (χ1v) is 4.60. The molecule has 0 bridgehead atoms. The Hall–Kier alpha value is -2.43. The van der Waals surface area contributed by atoms with Crippen LogP contribution >= 0.6 is 0 Å². The van der Waals surface area contributed by atoms with Crippen LogP contribution in [-0.2, 0) is 4.79 Å². The van der Waals surface area contributed by atoms with E-state index >= 15 is 0 Å². The second kappa shape index (κ2) is 3.98. The van der Waals surface area contributed by atoms with Crippen molar-refractivity contribution in [3.63, 3.8) is 0 Å². The molecule has 3 N–H and O–H groups in total. The molecule has 0 saturated heterocycles. The molecule has 0 aliphatic rings. The van der Waals surface area contributed by atoms with Gasteiger partial charge in [-0.25, -0.2) is 4.98 Å². The van der Waals surface area contributed by atoms with Gasteiger partial charge in [0.2, 0.25) is 5.91 Å². The summed E-state index contributed by atoms with van der Waals surface area (Å²) in [5.74, 6) is -0.520. The lowest BCUT2D eigenvalue weighted by Gasteiger charge is -1.92. The SMILES string of the molecule is NC(=O)C=Cc1c[nH]c2ncc(C=O)cc12. The number of aromatic nitrogens is 2. The Bertz CT molecular complexity index is 584. The van der Waals surface area contributed by atoms with Crippen molar-refractivity contribution in [1.29, 1.82) is 0 Å². The largest absolute Gasteiger partial charge is 0.366 e. The molecule has 2 rings (SSSR count). The minimum atomic E-state index is -0.520. The highest BCUT2D eigenvalue weighted by atomic mass is 16.1. The number of amides is 1. The van der Waals surface area contributed by atoms with Crippen LogP contribution in [0.1, 0.15) is 15.9 Å². The number of primary amides is 1. The maximum absolute atomic E-state index is 10.6. The molecule has 0 aromatic carbocycles. The lowest BCUT2D eigenvalue weighted by atomic mass is 10.1. The van der Waals surface area contributed by atoms with E-state index in [4.69, 9.17) is 5.73 Å². The van der Waals surface area contributed by atoms with E-state index < -0.39 is 5.91 Å². The van der Waals surface area contributed by atoms with E-state index in [0.29, 0.717) is 11.2 Å². The van der Waals surface area contributed by atoms with Gasteiger partial charge in [-0.3, -0.25) is 9.59 Å². The molecule has 0 aliphatic carbocycles. The third-order valence-corrected chi connectivity index (χ3v) is 2.15. The fourth-order valence-corrected chi connectivity index (χ4v) is 1.41. The second-order valence-electron chi connectivity index (χ2n) is 3.26. The first-order chi connectivity index (χ1) is 7.70. The number of nitrogens with zero attached hydrogens (tertiary/aromatic N) is 1. The maximum Gasteiger partial charge on any atom is 0.241 e. The third-order valence-electron chi connectivity index (χ3n) is 2.15. The van der Waals surface area contributed by atoms with Crippen LogP contribution in [0.15, 0.2) is 24.5 Å². The van der Waals surface area contributed by atoms with Gasteiger partial charge >= 0.3 is 0 Å². The number of rotatable bonds is 3. The van der Waals surface area contributed by atoms with E-state index in [1.54, 1.807) is 18.3 Å². The van der Waals surface area contributed by atoms with Gasteiger partial charge in [-0.05, 0) is 12.1 Å². The Kier molecular flexibility index (Phi) is 2.51. The number of fused-ring (bicyclic) bond motifs is 1. The molecule has 0 radical (unpaired) electrons. The second-order valence-corrected chi connectivity index (χ2v) is 3.26. The third kappa shape index (κ3) is 1.83. The predicted molar refractivity (Wildman–Crippen MR) is 59.7 cm³/mol. The molecule has 5 nitrogen and oxygen atoms in total. The Labute approximate surface area is 91.0 Å². The number of nitrogens with one attached hydrogen (secondary N) is 1. The molecule has 16 heavy (non-hydrogen) atoms. The van der Waals surface area contributed by atoms with Crippen molar-refractivity contribution in [3.8, 4) is 0 Å². The van der Waals surface area contributed by atoms with Gasteiger partial charge in [-0.1, -0.05) is 0 Å². The highest BCUT2D eigenvalue weighted by molar-refractivity contribution is 5.95. The summed E-state index contributed by atoms with van der Waals surface area (Å²) in [6.45, 7) is 0. The fourth-order valence-electron chi connectivity index (χ4n) is 1.41. The molecule has 2 heterocycles. The van der Waals surface area contributed by atoms with Gasteiger partial charge in [0, 0.05) is 35.0 Å². The van der Waals surface area contributed by atoms with Crippen molar-refractivity contribution < 1.29 is 9.59 Å². The summed E-state index contributed by atoms with van der Waals surface area (Å²) in [6.07, 6.45) is 6.74. The van der Waals surface area contributed by atoms with Gasteiger partial charge in [0.25, 0.3) is 0 Å². The van der Waals surface area contributed by atoms with E-state index in [-0.39, 0.29) is 0 Å². The molecule has 0 fully saturated rings. The lowest BCUT2D eigenvalue weighted by Crippen LogP contribution is -2.04. The van der Waals surface area contributed by atoms with Crippen molar-refractivity contribution in [3.05, 3.63) is 35.7 Å². The summed E-state index contributed by atoms with van der Waals surface area (Å²) in [5.41, 5.74) is 6.92. The van der Waals surface area contributed by atoms with E-state index in [1.165, 1.54) is 12.3 Å². The monoisotopic (exact) mass is 215 g/mol. The summed E-state index contributed by atoms with van der Waals surface area (Å²) in [5, 5.41) is 0.780. The van der Waals surface area contributed by atoms with Gasteiger partial charge in [0.05, 0.1) is 0 Å². The van der Waals surface area contributed by atoms with Crippen LogP contribution in [0.2, 0.25) is 0 Å². The lowest BCUT2D eigenvalue weighted by molar-refractivity contribution is -0.113. The fraction of sp³-hybridized carbons (Fsp3) is 0. The highest BCUT2D eigenvalue weighted by Crippen LogP contribution is 2.18. The summed E-state index contributed by atoms with van der Waals surface area (Å²) in [6, 6.07) is 1.70. The number of hydrogen-bond donors (Lipinski definition) is 2. The molecule has 0 aliphatic heterocycles. The van der Waals surface area contributed by atoms with E-state index in [9.17, 15) is 9.59 Å². The quantitative estimate of drug-likeness (QED) is 0.588.